The minimum absolute atomic E-state index is 0.240. The van der Waals surface area contributed by atoms with E-state index in [9.17, 15) is 0 Å². The van der Waals surface area contributed by atoms with E-state index in [1.807, 2.05) is 12.3 Å². The highest BCUT2D eigenvalue weighted by Crippen LogP contribution is 2.30. The fourth-order valence-corrected chi connectivity index (χ4v) is 3.15. The number of fused-ring (bicyclic) bond motifs is 1. The van der Waals surface area contributed by atoms with Crippen LogP contribution in [0.25, 0.3) is 10.9 Å². The van der Waals surface area contributed by atoms with Gasteiger partial charge in [0.2, 0.25) is 0 Å². The molecular formula is C18H24N2O. The number of rotatable bonds is 5. The second-order valence-electron chi connectivity index (χ2n) is 5.76. The molecule has 3 rings (SSSR count). The number of ether oxygens (including phenoxy) is 1. The average Bonchev–Trinajstić information content (AvgIpc) is 2.56. The lowest BCUT2D eigenvalue weighted by molar-refractivity contribution is -0.00789. The first kappa shape index (κ1) is 14.5. The molecule has 1 aliphatic rings. The molecule has 2 aromatic rings. The van der Waals surface area contributed by atoms with Gasteiger partial charge in [0.1, 0.15) is 0 Å². The van der Waals surface area contributed by atoms with Crippen molar-refractivity contribution < 1.29 is 4.74 Å². The highest BCUT2D eigenvalue weighted by atomic mass is 16.5. The lowest BCUT2D eigenvalue weighted by Gasteiger charge is -2.32. The molecule has 1 aromatic carbocycles. The third kappa shape index (κ3) is 3.25. The number of nitrogens with zero attached hydrogens (tertiary/aromatic N) is 1. The van der Waals surface area contributed by atoms with Crippen molar-refractivity contribution in [3.63, 3.8) is 0 Å². The van der Waals surface area contributed by atoms with Crippen molar-refractivity contribution in [2.75, 3.05) is 13.2 Å². The summed E-state index contributed by atoms with van der Waals surface area (Å²) in [5.41, 5.74) is 2.37. The molecule has 0 amide bonds. The maximum Gasteiger partial charge on any atom is 0.0770 e. The van der Waals surface area contributed by atoms with Crippen LogP contribution >= 0.6 is 0 Å². The highest BCUT2D eigenvalue weighted by molar-refractivity contribution is 5.82. The van der Waals surface area contributed by atoms with Crippen molar-refractivity contribution in [3.8, 4) is 0 Å². The van der Waals surface area contributed by atoms with Crippen molar-refractivity contribution >= 4 is 10.9 Å². The quantitative estimate of drug-likeness (QED) is 0.905. The number of aromatic nitrogens is 1. The first-order valence-corrected chi connectivity index (χ1v) is 8.09. The van der Waals surface area contributed by atoms with Gasteiger partial charge < -0.3 is 10.1 Å². The van der Waals surface area contributed by atoms with E-state index in [1.54, 1.807) is 0 Å². The predicted molar refractivity (Wildman–Crippen MR) is 86.4 cm³/mol. The standard InChI is InChI=1S/C18H24N2O/c1-2-11-19-18(16-10-3-4-13-21-16)15-9-5-7-14-8-6-12-20-17(14)15/h5-9,12,16,18-19H,2-4,10-11,13H2,1H3. The van der Waals surface area contributed by atoms with E-state index in [2.05, 4.69) is 41.5 Å². The SMILES string of the molecule is CCCNC(c1cccc2cccnc12)C1CCCCO1. The van der Waals surface area contributed by atoms with E-state index >= 15 is 0 Å². The van der Waals surface area contributed by atoms with Gasteiger partial charge in [-0.1, -0.05) is 31.2 Å². The number of hydrogen-bond donors (Lipinski definition) is 1. The van der Waals surface area contributed by atoms with Gasteiger partial charge in [-0.25, -0.2) is 0 Å². The number of pyridine rings is 1. The zero-order chi connectivity index (χ0) is 14.5. The molecule has 2 atom stereocenters. The Hall–Kier alpha value is -1.45. The van der Waals surface area contributed by atoms with Gasteiger partial charge >= 0.3 is 0 Å². The van der Waals surface area contributed by atoms with E-state index in [4.69, 9.17) is 4.74 Å². The van der Waals surface area contributed by atoms with Crippen molar-refractivity contribution in [1.29, 1.82) is 0 Å². The maximum atomic E-state index is 6.05. The van der Waals surface area contributed by atoms with Crippen LogP contribution in [0.2, 0.25) is 0 Å². The van der Waals surface area contributed by atoms with E-state index in [0.29, 0.717) is 0 Å². The monoisotopic (exact) mass is 284 g/mol. The molecule has 2 heterocycles. The maximum absolute atomic E-state index is 6.05. The Bertz CT molecular complexity index is 573. The van der Waals surface area contributed by atoms with Gasteiger partial charge in [0, 0.05) is 18.2 Å². The number of hydrogen-bond acceptors (Lipinski definition) is 3. The normalized spacial score (nSPS) is 20.5. The van der Waals surface area contributed by atoms with Gasteiger partial charge in [-0.05, 0) is 43.9 Å². The van der Waals surface area contributed by atoms with Crippen molar-refractivity contribution in [3.05, 3.63) is 42.1 Å². The molecule has 0 spiro atoms. The molecule has 1 N–H and O–H groups in total. The molecule has 3 nitrogen and oxygen atoms in total. The summed E-state index contributed by atoms with van der Waals surface area (Å²) in [4.78, 5) is 4.61. The molecular weight excluding hydrogens is 260 g/mol. The molecule has 21 heavy (non-hydrogen) atoms. The van der Waals surface area contributed by atoms with Gasteiger partial charge in [-0.2, -0.15) is 0 Å². The zero-order valence-corrected chi connectivity index (χ0v) is 12.7. The largest absolute Gasteiger partial charge is 0.376 e. The topological polar surface area (TPSA) is 34.2 Å². The van der Waals surface area contributed by atoms with Crippen LogP contribution < -0.4 is 5.32 Å². The molecule has 3 heteroatoms. The van der Waals surface area contributed by atoms with Gasteiger partial charge in [0.05, 0.1) is 17.7 Å². The minimum Gasteiger partial charge on any atom is -0.376 e. The van der Waals surface area contributed by atoms with Crippen LogP contribution in [0.5, 0.6) is 0 Å². The Morgan fingerprint density at radius 1 is 1.29 bits per heavy atom. The van der Waals surface area contributed by atoms with Crippen LogP contribution in [0.15, 0.2) is 36.5 Å². The fraction of sp³-hybridized carbons (Fsp3) is 0.500. The second kappa shape index (κ2) is 7.01. The van der Waals surface area contributed by atoms with E-state index in [-0.39, 0.29) is 12.1 Å². The number of nitrogens with one attached hydrogen (secondary N) is 1. The smallest absolute Gasteiger partial charge is 0.0770 e. The van der Waals surface area contributed by atoms with Gasteiger partial charge in [0.15, 0.2) is 0 Å². The third-order valence-electron chi connectivity index (χ3n) is 4.20. The van der Waals surface area contributed by atoms with Gasteiger partial charge in [-0.15, -0.1) is 0 Å². The molecule has 1 fully saturated rings. The number of para-hydroxylation sites is 1. The average molecular weight is 284 g/mol. The molecule has 112 valence electrons. The highest BCUT2D eigenvalue weighted by Gasteiger charge is 2.27. The van der Waals surface area contributed by atoms with Crippen LogP contribution in [0.4, 0.5) is 0 Å². The third-order valence-corrected chi connectivity index (χ3v) is 4.20. The predicted octanol–water partition coefficient (Wildman–Crippen LogP) is 3.84. The Kier molecular flexibility index (Phi) is 4.84. The van der Waals surface area contributed by atoms with Crippen LogP contribution in [0, 0.1) is 0 Å². The fourth-order valence-electron chi connectivity index (χ4n) is 3.15. The summed E-state index contributed by atoms with van der Waals surface area (Å²) >= 11 is 0. The molecule has 2 unspecified atom stereocenters. The molecule has 0 aliphatic carbocycles. The van der Waals surface area contributed by atoms with E-state index in [0.717, 1.165) is 31.5 Å². The lowest BCUT2D eigenvalue weighted by atomic mass is 9.93. The van der Waals surface area contributed by atoms with Gasteiger partial charge in [0.25, 0.3) is 0 Å². The van der Waals surface area contributed by atoms with Crippen molar-refractivity contribution in [2.24, 2.45) is 0 Å². The summed E-state index contributed by atoms with van der Waals surface area (Å²) in [5, 5.41) is 4.89. The number of benzene rings is 1. The van der Waals surface area contributed by atoms with Crippen LogP contribution in [0.1, 0.15) is 44.2 Å². The van der Waals surface area contributed by atoms with Crippen molar-refractivity contribution in [1.82, 2.24) is 10.3 Å². The molecule has 1 saturated heterocycles. The first-order valence-electron chi connectivity index (χ1n) is 8.09. The summed E-state index contributed by atoms with van der Waals surface area (Å²) in [6.45, 7) is 4.09. The van der Waals surface area contributed by atoms with E-state index < -0.39 is 0 Å². The van der Waals surface area contributed by atoms with E-state index in [1.165, 1.54) is 23.8 Å². The van der Waals surface area contributed by atoms with Crippen LogP contribution in [0.3, 0.4) is 0 Å². The summed E-state index contributed by atoms with van der Waals surface area (Å²) in [7, 11) is 0. The van der Waals surface area contributed by atoms with Gasteiger partial charge in [-0.3, -0.25) is 4.98 Å². The minimum atomic E-state index is 0.240. The lowest BCUT2D eigenvalue weighted by Crippen LogP contribution is -2.36. The molecule has 0 bridgehead atoms. The summed E-state index contributed by atoms with van der Waals surface area (Å²) < 4.78 is 6.05. The molecule has 1 aromatic heterocycles. The van der Waals surface area contributed by atoms with Crippen LogP contribution in [-0.4, -0.2) is 24.2 Å². The molecule has 0 saturated carbocycles. The summed E-state index contributed by atoms with van der Waals surface area (Å²) in [5.74, 6) is 0. The Balaban J connectivity index is 1.96. The Morgan fingerprint density at radius 3 is 3.00 bits per heavy atom. The zero-order valence-electron chi connectivity index (χ0n) is 12.7. The van der Waals surface area contributed by atoms with Crippen molar-refractivity contribution in [2.45, 2.75) is 44.8 Å². The Morgan fingerprint density at radius 2 is 2.19 bits per heavy atom. The molecule has 0 radical (unpaired) electrons. The molecule has 1 aliphatic heterocycles. The second-order valence-corrected chi connectivity index (χ2v) is 5.76. The first-order chi connectivity index (χ1) is 10.4. The van der Waals surface area contributed by atoms with Crippen LogP contribution in [-0.2, 0) is 4.74 Å². The Labute approximate surface area is 126 Å². The summed E-state index contributed by atoms with van der Waals surface area (Å²) in [6, 6.07) is 10.8. The summed E-state index contributed by atoms with van der Waals surface area (Å²) in [6.07, 6.45) is 6.84.